The predicted octanol–water partition coefficient (Wildman–Crippen LogP) is 5.71. The molecule has 0 saturated carbocycles. The molecule has 1 amide bonds. The van der Waals surface area contributed by atoms with Gasteiger partial charge in [0.15, 0.2) is 0 Å². The lowest BCUT2D eigenvalue weighted by atomic mass is 9.93. The lowest BCUT2D eigenvalue weighted by molar-refractivity contribution is 0.0700. The Morgan fingerprint density at radius 2 is 1.90 bits per heavy atom. The molecule has 0 unspecified atom stereocenters. The summed E-state index contributed by atoms with van der Waals surface area (Å²) in [5.41, 5.74) is 6.24. The van der Waals surface area contributed by atoms with Gasteiger partial charge < -0.3 is 15.2 Å². The van der Waals surface area contributed by atoms with Gasteiger partial charge in [-0.05, 0) is 44.4 Å². The van der Waals surface area contributed by atoms with Crippen molar-refractivity contribution in [2.24, 2.45) is 5.92 Å². The summed E-state index contributed by atoms with van der Waals surface area (Å²) in [6.07, 6.45) is 5.95. The van der Waals surface area contributed by atoms with Crippen molar-refractivity contribution in [2.45, 2.75) is 26.7 Å². The molecule has 2 aromatic carbocycles. The van der Waals surface area contributed by atoms with Gasteiger partial charge in [-0.25, -0.2) is 0 Å². The van der Waals surface area contributed by atoms with E-state index in [0.717, 1.165) is 59.4 Å². The molecule has 4 rings (SSSR count). The molecule has 1 fully saturated rings. The first-order valence-corrected chi connectivity index (χ1v) is 10.6. The van der Waals surface area contributed by atoms with Gasteiger partial charge in [-0.3, -0.25) is 4.79 Å². The fraction of sp³-hybridized carbons (Fsp3) is 0.269. The number of piperidine rings is 1. The molecule has 1 saturated heterocycles. The van der Waals surface area contributed by atoms with Crippen LogP contribution in [0.2, 0.25) is 0 Å². The molecule has 0 radical (unpaired) electrons. The summed E-state index contributed by atoms with van der Waals surface area (Å²) in [5, 5.41) is 4.51. The summed E-state index contributed by atoms with van der Waals surface area (Å²) in [4.78, 5) is 18.4. The summed E-state index contributed by atoms with van der Waals surface area (Å²) < 4.78 is 0. The van der Waals surface area contributed by atoms with Crippen LogP contribution in [0.4, 0.5) is 0 Å². The summed E-state index contributed by atoms with van der Waals surface area (Å²) in [5.74, 6) is 0.512. The number of carbonyl (C=O) groups is 1. The molecule has 0 atom stereocenters. The summed E-state index contributed by atoms with van der Waals surface area (Å²) >= 11 is 0. The third-order valence-electron chi connectivity index (χ3n) is 6.08. The largest absolute Gasteiger partial charge is 0.363 e. The van der Waals surface area contributed by atoms with Crippen molar-refractivity contribution in [1.82, 2.24) is 15.2 Å². The predicted molar refractivity (Wildman–Crippen MR) is 124 cm³/mol. The molecule has 1 aromatic heterocycles. The number of carbonyl (C=O) groups excluding carboxylic acids is 1. The Morgan fingerprint density at radius 3 is 2.60 bits per heavy atom. The van der Waals surface area contributed by atoms with Gasteiger partial charge in [-0.1, -0.05) is 49.1 Å². The van der Waals surface area contributed by atoms with Gasteiger partial charge in [0.2, 0.25) is 0 Å². The second-order valence-electron chi connectivity index (χ2n) is 8.02. The smallest absolute Gasteiger partial charge is 0.253 e. The Hall–Kier alpha value is -3.27. The molecule has 0 aliphatic carbocycles. The molecule has 0 bridgehead atoms. The molecule has 1 aliphatic heterocycles. The number of aromatic amines is 1. The number of nitrogens with one attached hydrogen (secondary N) is 2. The van der Waals surface area contributed by atoms with Gasteiger partial charge in [0.1, 0.15) is 0 Å². The monoisotopic (exact) mass is 399 g/mol. The van der Waals surface area contributed by atoms with Gasteiger partial charge in [0.05, 0.1) is 0 Å². The molecular weight excluding hydrogens is 370 g/mol. The SMILES string of the molecule is C=C(N/C(C)=C\C)C1CCN(C(=O)c2ccc3c(-c4ccccc4)c[nH]c3c2)CC1. The lowest BCUT2D eigenvalue weighted by Crippen LogP contribution is -2.39. The molecule has 4 nitrogen and oxygen atoms in total. The highest BCUT2D eigenvalue weighted by Crippen LogP contribution is 2.30. The van der Waals surface area contributed by atoms with E-state index in [2.05, 4.69) is 35.1 Å². The molecule has 1 aliphatic rings. The Kier molecular flexibility index (Phi) is 5.75. The van der Waals surface area contributed by atoms with E-state index in [-0.39, 0.29) is 5.91 Å². The molecule has 4 heteroatoms. The molecule has 30 heavy (non-hydrogen) atoms. The van der Waals surface area contributed by atoms with Crippen LogP contribution in [0.3, 0.4) is 0 Å². The van der Waals surface area contributed by atoms with E-state index >= 15 is 0 Å². The highest BCUT2D eigenvalue weighted by atomic mass is 16.2. The number of rotatable bonds is 5. The summed E-state index contributed by atoms with van der Waals surface area (Å²) in [7, 11) is 0. The van der Waals surface area contributed by atoms with Crippen LogP contribution in [0.1, 0.15) is 37.0 Å². The van der Waals surface area contributed by atoms with Crippen molar-refractivity contribution in [2.75, 3.05) is 13.1 Å². The number of fused-ring (bicyclic) bond motifs is 1. The number of hydrogen-bond donors (Lipinski definition) is 2. The zero-order chi connectivity index (χ0) is 21.1. The minimum Gasteiger partial charge on any atom is -0.363 e. The Labute approximate surface area is 178 Å². The minimum absolute atomic E-state index is 0.106. The third-order valence-corrected chi connectivity index (χ3v) is 6.08. The van der Waals surface area contributed by atoms with Crippen LogP contribution in [0, 0.1) is 5.92 Å². The van der Waals surface area contributed by atoms with Gasteiger partial charge in [0.25, 0.3) is 5.91 Å². The second-order valence-corrected chi connectivity index (χ2v) is 8.02. The van der Waals surface area contributed by atoms with Gasteiger partial charge >= 0.3 is 0 Å². The Morgan fingerprint density at radius 1 is 1.17 bits per heavy atom. The van der Waals surface area contributed by atoms with E-state index in [1.165, 1.54) is 5.56 Å². The average molecular weight is 400 g/mol. The molecule has 154 valence electrons. The van der Waals surface area contributed by atoms with Crippen LogP contribution >= 0.6 is 0 Å². The number of benzene rings is 2. The van der Waals surface area contributed by atoms with Crippen molar-refractivity contribution in [3.8, 4) is 11.1 Å². The molecular formula is C26H29N3O. The van der Waals surface area contributed by atoms with Crippen molar-refractivity contribution >= 4 is 16.8 Å². The van der Waals surface area contributed by atoms with Crippen molar-refractivity contribution in [3.63, 3.8) is 0 Å². The van der Waals surface area contributed by atoms with E-state index in [0.29, 0.717) is 5.92 Å². The van der Waals surface area contributed by atoms with Crippen molar-refractivity contribution in [3.05, 3.63) is 84.3 Å². The number of likely N-dealkylation sites (tertiary alicyclic amines) is 1. The zero-order valence-corrected chi connectivity index (χ0v) is 17.7. The first-order chi connectivity index (χ1) is 14.6. The normalized spacial score (nSPS) is 15.4. The minimum atomic E-state index is 0.106. The van der Waals surface area contributed by atoms with Crippen molar-refractivity contribution < 1.29 is 4.79 Å². The van der Waals surface area contributed by atoms with E-state index in [1.54, 1.807) is 0 Å². The Bertz CT molecular complexity index is 1090. The van der Waals surface area contributed by atoms with Crippen LogP contribution in [0.25, 0.3) is 22.0 Å². The number of hydrogen-bond acceptors (Lipinski definition) is 2. The molecule has 0 spiro atoms. The van der Waals surface area contributed by atoms with E-state index in [1.807, 2.05) is 61.4 Å². The average Bonchev–Trinajstić information content (AvgIpc) is 3.22. The summed E-state index contributed by atoms with van der Waals surface area (Å²) in [6.45, 7) is 9.78. The van der Waals surface area contributed by atoms with Gasteiger partial charge in [0, 0.05) is 58.6 Å². The van der Waals surface area contributed by atoms with Gasteiger partial charge in [-0.2, -0.15) is 0 Å². The number of H-pyrrole nitrogens is 1. The Balaban J connectivity index is 1.45. The number of aromatic nitrogens is 1. The maximum absolute atomic E-state index is 13.1. The number of amides is 1. The highest BCUT2D eigenvalue weighted by Gasteiger charge is 2.25. The molecule has 2 heterocycles. The lowest BCUT2D eigenvalue weighted by Gasteiger charge is -2.33. The summed E-state index contributed by atoms with van der Waals surface area (Å²) in [6, 6.07) is 16.3. The number of nitrogens with zero attached hydrogens (tertiary/aromatic N) is 1. The van der Waals surface area contributed by atoms with Gasteiger partial charge in [-0.15, -0.1) is 0 Å². The highest BCUT2D eigenvalue weighted by molar-refractivity contribution is 6.02. The first kappa shape index (κ1) is 20.0. The standard InChI is InChI=1S/C26H29N3O/c1-4-18(2)28-19(3)20-12-14-29(15-13-20)26(30)22-10-11-23-24(17-27-25(23)16-22)21-8-6-5-7-9-21/h4-11,16-17,20,27-28H,3,12-15H2,1-2H3/b18-4-. The number of allylic oxidation sites excluding steroid dienone is 3. The molecule has 2 N–H and O–H groups in total. The zero-order valence-electron chi connectivity index (χ0n) is 17.7. The maximum atomic E-state index is 13.1. The fourth-order valence-corrected chi connectivity index (χ4v) is 4.16. The van der Waals surface area contributed by atoms with E-state index in [9.17, 15) is 4.79 Å². The van der Waals surface area contributed by atoms with Crippen molar-refractivity contribution in [1.29, 1.82) is 0 Å². The van der Waals surface area contributed by atoms with E-state index < -0.39 is 0 Å². The van der Waals surface area contributed by atoms with Crippen LogP contribution in [-0.2, 0) is 0 Å². The van der Waals surface area contributed by atoms with Crippen LogP contribution in [0.5, 0.6) is 0 Å². The van der Waals surface area contributed by atoms with E-state index in [4.69, 9.17) is 0 Å². The van der Waals surface area contributed by atoms with Crippen LogP contribution < -0.4 is 5.32 Å². The maximum Gasteiger partial charge on any atom is 0.253 e. The van der Waals surface area contributed by atoms with Crippen LogP contribution in [-0.4, -0.2) is 28.9 Å². The quantitative estimate of drug-likeness (QED) is 0.577. The van der Waals surface area contributed by atoms with Crippen LogP contribution in [0.15, 0.2) is 78.8 Å². The third kappa shape index (κ3) is 4.04. The molecule has 3 aromatic rings. The topological polar surface area (TPSA) is 48.1 Å². The fourth-order valence-electron chi connectivity index (χ4n) is 4.16. The first-order valence-electron chi connectivity index (χ1n) is 10.6. The second kappa shape index (κ2) is 8.62.